The van der Waals surface area contributed by atoms with Gasteiger partial charge in [-0.2, -0.15) is 4.72 Å². The van der Waals surface area contributed by atoms with Crippen molar-refractivity contribution in [3.8, 4) is 0 Å². The minimum atomic E-state index is -3.82. The largest absolute Gasteiger partial charge is 0.457 e. The van der Waals surface area contributed by atoms with Crippen LogP contribution in [-0.4, -0.2) is 25.4 Å². The summed E-state index contributed by atoms with van der Waals surface area (Å²) < 4.78 is 33.6. The number of nitrogens with one attached hydrogen (secondary N) is 1. The Bertz CT molecular complexity index is 1070. The van der Waals surface area contributed by atoms with Crippen LogP contribution in [0.15, 0.2) is 60.0 Å². The molecule has 0 unspecified atom stereocenters. The molecule has 1 aromatic heterocycles. The molecule has 8 heteroatoms. The second-order valence-corrected chi connectivity index (χ2v) is 9.49. The van der Waals surface area contributed by atoms with Crippen LogP contribution in [0.25, 0.3) is 16.3 Å². The van der Waals surface area contributed by atoms with E-state index in [4.69, 9.17) is 4.74 Å². The predicted octanol–water partition coefficient (Wildman–Crippen LogP) is 3.95. The van der Waals surface area contributed by atoms with Gasteiger partial charge in [0.25, 0.3) is 0 Å². The van der Waals surface area contributed by atoms with Crippen molar-refractivity contribution in [3.63, 3.8) is 0 Å². The van der Waals surface area contributed by atoms with Crippen LogP contribution in [0.1, 0.15) is 24.4 Å². The molecule has 29 heavy (non-hydrogen) atoms. The second kappa shape index (κ2) is 9.30. The average Bonchev–Trinajstić information content (AvgIpc) is 3.12. The maximum atomic E-state index is 12.5. The van der Waals surface area contributed by atoms with Crippen molar-refractivity contribution in [1.29, 1.82) is 0 Å². The van der Waals surface area contributed by atoms with Gasteiger partial charge < -0.3 is 4.74 Å². The van der Waals surface area contributed by atoms with Gasteiger partial charge in [0.1, 0.15) is 17.7 Å². The van der Waals surface area contributed by atoms with Crippen molar-refractivity contribution in [2.75, 3.05) is 0 Å². The van der Waals surface area contributed by atoms with E-state index in [1.165, 1.54) is 17.4 Å². The molecule has 0 bridgehead atoms. The first kappa shape index (κ1) is 21.2. The molecule has 3 aromatic rings. The lowest BCUT2D eigenvalue weighted by molar-refractivity contribution is -0.148. The molecule has 3 rings (SSSR count). The first-order valence-electron chi connectivity index (χ1n) is 9.10. The van der Waals surface area contributed by atoms with E-state index in [-0.39, 0.29) is 12.5 Å². The number of esters is 1. The van der Waals surface area contributed by atoms with Gasteiger partial charge in [0.05, 0.1) is 10.2 Å². The first-order valence-corrected chi connectivity index (χ1v) is 11.5. The van der Waals surface area contributed by atoms with E-state index in [1.807, 2.05) is 42.5 Å². The zero-order valence-corrected chi connectivity index (χ0v) is 17.7. The monoisotopic (exact) mass is 430 g/mol. The standard InChI is InChI=1S/C21H22N2O4S2/c1-15(2)20(23-29(25,26)13-12-16-8-4-3-5-9-16)21(24)27-14-19-22-17-10-6-7-11-18(17)28-19/h3-13,15,20,23H,14H2,1-2H3/b13-12+/t20-/m1/s1. The van der Waals surface area contributed by atoms with Crippen LogP contribution in [0.2, 0.25) is 0 Å². The number of sulfonamides is 1. The number of carbonyl (C=O) groups excluding carboxylic acids is 1. The Morgan fingerprint density at radius 1 is 1.14 bits per heavy atom. The molecular weight excluding hydrogens is 408 g/mol. The van der Waals surface area contributed by atoms with Crippen molar-refractivity contribution in [2.45, 2.75) is 26.5 Å². The van der Waals surface area contributed by atoms with Crippen LogP contribution in [0.5, 0.6) is 0 Å². The van der Waals surface area contributed by atoms with E-state index in [1.54, 1.807) is 26.0 Å². The van der Waals surface area contributed by atoms with Crippen LogP contribution in [0.4, 0.5) is 0 Å². The molecule has 0 radical (unpaired) electrons. The Balaban J connectivity index is 1.64. The van der Waals surface area contributed by atoms with Gasteiger partial charge in [-0.05, 0) is 29.7 Å². The molecule has 0 saturated carbocycles. The maximum absolute atomic E-state index is 12.5. The average molecular weight is 431 g/mol. The smallest absolute Gasteiger partial charge is 0.324 e. The zero-order valence-electron chi connectivity index (χ0n) is 16.1. The van der Waals surface area contributed by atoms with Crippen LogP contribution in [-0.2, 0) is 26.2 Å². The van der Waals surface area contributed by atoms with E-state index in [9.17, 15) is 13.2 Å². The molecule has 1 heterocycles. The van der Waals surface area contributed by atoms with E-state index in [0.717, 1.165) is 21.2 Å². The molecule has 0 fully saturated rings. The lowest BCUT2D eigenvalue weighted by Gasteiger charge is -2.19. The molecule has 0 spiro atoms. The van der Waals surface area contributed by atoms with Crippen LogP contribution in [0, 0.1) is 5.92 Å². The summed E-state index contributed by atoms with van der Waals surface area (Å²) in [7, 11) is -3.82. The minimum Gasteiger partial charge on any atom is -0.457 e. The highest BCUT2D eigenvalue weighted by Crippen LogP contribution is 2.22. The lowest BCUT2D eigenvalue weighted by Crippen LogP contribution is -2.44. The van der Waals surface area contributed by atoms with E-state index < -0.39 is 22.0 Å². The van der Waals surface area contributed by atoms with E-state index >= 15 is 0 Å². The van der Waals surface area contributed by atoms with Crippen molar-refractivity contribution >= 4 is 43.6 Å². The number of ether oxygens (including phenoxy) is 1. The molecule has 0 amide bonds. The van der Waals surface area contributed by atoms with Crippen LogP contribution in [0.3, 0.4) is 0 Å². The normalized spacial score (nSPS) is 13.2. The van der Waals surface area contributed by atoms with Crippen molar-refractivity contribution in [3.05, 3.63) is 70.6 Å². The summed E-state index contributed by atoms with van der Waals surface area (Å²) in [6.07, 6.45) is 1.48. The molecular formula is C21H22N2O4S2. The second-order valence-electron chi connectivity index (χ2n) is 6.78. The number of benzene rings is 2. The molecule has 0 aliphatic heterocycles. The van der Waals surface area contributed by atoms with E-state index in [2.05, 4.69) is 9.71 Å². The van der Waals surface area contributed by atoms with Gasteiger partial charge in [-0.15, -0.1) is 11.3 Å². The fourth-order valence-electron chi connectivity index (χ4n) is 2.61. The van der Waals surface area contributed by atoms with Crippen LogP contribution >= 0.6 is 11.3 Å². The van der Waals surface area contributed by atoms with E-state index in [0.29, 0.717) is 5.01 Å². The summed E-state index contributed by atoms with van der Waals surface area (Å²) in [4.78, 5) is 16.9. The highest BCUT2D eigenvalue weighted by atomic mass is 32.2. The Hall–Kier alpha value is -2.55. The number of carbonyl (C=O) groups is 1. The minimum absolute atomic E-state index is 0.00296. The number of para-hydroxylation sites is 1. The Morgan fingerprint density at radius 2 is 1.83 bits per heavy atom. The molecule has 1 N–H and O–H groups in total. The quantitative estimate of drug-likeness (QED) is 0.547. The summed E-state index contributed by atoms with van der Waals surface area (Å²) in [5.74, 6) is -0.909. The molecule has 152 valence electrons. The Labute approximate surface area is 174 Å². The molecule has 6 nitrogen and oxygen atoms in total. The first-order chi connectivity index (χ1) is 13.8. The summed E-state index contributed by atoms with van der Waals surface area (Å²) in [6, 6.07) is 15.7. The molecule has 2 aromatic carbocycles. The lowest BCUT2D eigenvalue weighted by atomic mass is 10.1. The van der Waals surface area contributed by atoms with Gasteiger partial charge >= 0.3 is 5.97 Å². The summed E-state index contributed by atoms with van der Waals surface area (Å²) >= 11 is 1.44. The maximum Gasteiger partial charge on any atom is 0.324 e. The van der Waals surface area contributed by atoms with Gasteiger partial charge in [-0.1, -0.05) is 56.3 Å². The molecule has 0 aliphatic rings. The summed E-state index contributed by atoms with van der Waals surface area (Å²) in [5, 5.41) is 1.72. The van der Waals surface area contributed by atoms with Gasteiger partial charge in [0, 0.05) is 5.41 Å². The van der Waals surface area contributed by atoms with Gasteiger partial charge in [0.2, 0.25) is 10.0 Å². The third-order valence-electron chi connectivity index (χ3n) is 4.13. The fourth-order valence-corrected chi connectivity index (χ4v) is 4.63. The molecule has 0 aliphatic carbocycles. The molecule has 1 atom stereocenters. The zero-order chi connectivity index (χ0) is 20.9. The number of rotatable bonds is 8. The highest BCUT2D eigenvalue weighted by molar-refractivity contribution is 7.92. The molecule has 0 saturated heterocycles. The van der Waals surface area contributed by atoms with Crippen molar-refractivity contribution in [2.24, 2.45) is 5.92 Å². The third-order valence-corrected chi connectivity index (χ3v) is 6.21. The number of thiazole rings is 1. The predicted molar refractivity (Wildman–Crippen MR) is 116 cm³/mol. The number of aromatic nitrogens is 1. The fraction of sp³-hybridized carbons (Fsp3) is 0.238. The Kier molecular flexibility index (Phi) is 6.79. The Morgan fingerprint density at radius 3 is 2.52 bits per heavy atom. The number of hydrogen-bond acceptors (Lipinski definition) is 6. The van der Waals surface area contributed by atoms with Crippen LogP contribution < -0.4 is 4.72 Å². The van der Waals surface area contributed by atoms with Crippen molar-refractivity contribution < 1.29 is 17.9 Å². The van der Waals surface area contributed by atoms with Crippen molar-refractivity contribution in [1.82, 2.24) is 9.71 Å². The SMILES string of the molecule is CC(C)[C@@H](NS(=O)(=O)/C=C/c1ccccc1)C(=O)OCc1nc2ccccc2s1. The summed E-state index contributed by atoms with van der Waals surface area (Å²) in [6.45, 7) is 3.52. The number of nitrogens with zero attached hydrogens (tertiary/aromatic N) is 1. The van der Waals surface area contributed by atoms with Gasteiger partial charge in [0.15, 0.2) is 0 Å². The van der Waals surface area contributed by atoms with Gasteiger partial charge in [-0.3, -0.25) is 4.79 Å². The summed E-state index contributed by atoms with van der Waals surface area (Å²) in [5.41, 5.74) is 1.59. The number of hydrogen-bond donors (Lipinski definition) is 1. The number of fused-ring (bicyclic) bond motifs is 1. The topological polar surface area (TPSA) is 85.4 Å². The van der Waals surface area contributed by atoms with Gasteiger partial charge in [-0.25, -0.2) is 13.4 Å². The highest BCUT2D eigenvalue weighted by Gasteiger charge is 2.28. The third kappa shape index (κ3) is 5.96.